The molecule has 1 N–H and O–H groups in total. The Morgan fingerprint density at radius 1 is 0.449 bits per heavy atom. The lowest BCUT2D eigenvalue weighted by Gasteiger charge is -2.15. The van der Waals surface area contributed by atoms with Crippen molar-refractivity contribution in [1.29, 1.82) is 0 Å². The molecule has 1 atom stereocenters. The van der Waals surface area contributed by atoms with Gasteiger partial charge in [-0.3, -0.25) is 9.59 Å². The first-order valence-corrected chi connectivity index (χ1v) is 21.7. The van der Waals surface area contributed by atoms with Gasteiger partial charge in [0.15, 0.2) is 6.10 Å². The maximum absolute atomic E-state index is 12.2. The molecule has 0 aliphatic carbocycles. The van der Waals surface area contributed by atoms with Crippen LogP contribution in [0.2, 0.25) is 0 Å². The molecule has 0 rings (SSSR count). The summed E-state index contributed by atoms with van der Waals surface area (Å²) in [6.45, 7) is 4.15. The van der Waals surface area contributed by atoms with Crippen molar-refractivity contribution in [2.75, 3.05) is 13.2 Å². The van der Waals surface area contributed by atoms with Crippen molar-refractivity contribution in [3.8, 4) is 0 Å². The lowest BCUT2D eigenvalue weighted by Crippen LogP contribution is -2.28. The molecule has 0 aromatic carbocycles. The van der Waals surface area contributed by atoms with Crippen LogP contribution < -0.4 is 0 Å². The Labute approximate surface area is 305 Å². The zero-order valence-corrected chi connectivity index (χ0v) is 33.0. The minimum atomic E-state index is -0.764. The number of hydrogen-bond acceptors (Lipinski definition) is 5. The Morgan fingerprint density at radius 2 is 0.755 bits per heavy atom. The van der Waals surface area contributed by atoms with Crippen LogP contribution in [-0.4, -0.2) is 36.4 Å². The van der Waals surface area contributed by atoms with Gasteiger partial charge in [0.25, 0.3) is 0 Å². The molecule has 0 bridgehead atoms. The first-order chi connectivity index (χ1) is 24.1. The van der Waals surface area contributed by atoms with Gasteiger partial charge in [-0.15, -0.1) is 0 Å². The van der Waals surface area contributed by atoms with Gasteiger partial charge in [-0.25, -0.2) is 0 Å². The second-order valence-corrected chi connectivity index (χ2v) is 14.8. The molecule has 1 unspecified atom stereocenters. The molecule has 0 radical (unpaired) electrons. The van der Waals surface area contributed by atoms with Gasteiger partial charge in [0.1, 0.15) is 6.61 Å². The number of aliphatic hydroxyl groups excluding tert-OH is 1. The molecular formula is C44H84O5. The van der Waals surface area contributed by atoms with Gasteiger partial charge in [-0.2, -0.15) is 0 Å². The second-order valence-electron chi connectivity index (χ2n) is 14.8. The van der Waals surface area contributed by atoms with Gasteiger partial charge in [-0.05, 0) is 38.5 Å². The number of rotatable bonds is 40. The molecular weight excluding hydrogens is 608 g/mol. The van der Waals surface area contributed by atoms with Crippen molar-refractivity contribution in [2.24, 2.45) is 0 Å². The smallest absolute Gasteiger partial charge is 0.306 e. The van der Waals surface area contributed by atoms with Crippen LogP contribution in [0.5, 0.6) is 0 Å². The number of esters is 2. The summed E-state index contributed by atoms with van der Waals surface area (Å²) < 4.78 is 10.6. The number of carbonyl (C=O) groups excluding carboxylic acids is 2. The Hall–Kier alpha value is -1.36. The molecule has 0 amide bonds. The van der Waals surface area contributed by atoms with Crippen LogP contribution in [0.1, 0.15) is 239 Å². The summed E-state index contributed by atoms with van der Waals surface area (Å²) in [5.41, 5.74) is 0. The first kappa shape index (κ1) is 47.6. The summed E-state index contributed by atoms with van der Waals surface area (Å²) in [5.74, 6) is -0.580. The van der Waals surface area contributed by atoms with Crippen molar-refractivity contribution in [2.45, 2.75) is 245 Å². The highest BCUT2D eigenvalue weighted by atomic mass is 16.6. The van der Waals surface area contributed by atoms with Crippen LogP contribution in [0.3, 0.4) is 0 Å². The average Bonchev–Trinajstić information content (AvgIpc) is 3.10. The molecule has 0 aliphatic heterocycles. The monoisotopic (exact) mass is 693 g/mol. The number of allylic oxidation sites excluding steroid dienone is 2. The predicted molar refractivity (Wildman–Crippen MR) is 210 cm³/mol. The van der Waals surface area contributed by atoms with Crippen LogP contribution in [0.4, 0.5) is 0 Å². The minimum absolute atomic E-state index is 0.0597. The van der Waals surface area contributed by atoms with E-state index >= 15 is 0 Å². The Morgan fingerprint density at radius 3 is 1.10 bits per heavy atom. The molecule has 0 aromatic heterocycles. The largest absolute Gasteiger partial charge is 0.462 e. The lowest BCUT2D eigenvalue weighted by molar-refractivity contribution is -0.161. The Bertz CT molecular complexity index is 705. The lowest BCUT2D eigenvalue weighted by atomic mass is 10.0. The number of unbranched alkanes of at least 4 members (excludes halogenated alkanes) is 30. The maximum atomic E-state index is 12.2. The quantitative estimate of drug-likeness (QED) is 0.0393. The Balaban J connectivity index is 3.46. The van der Waals surface area contributed by atoms with Gasteiger partial charge in [-0.1, -0.05) is 199 Å². The summed E-state index contributed by atoms with van der Waals surface area (Å²) in [6.07, 6.45) is 47.1. The van der Waals surface area contributed by atoms with E-state index in [1.165, 1.54) is 173 Å². The zero-order valence-electron chi connectivity index (χ0n) is 33.0. The number of ether oxygens (including phenoxy) is 2. The molecule has 0 spiro atoms. The fraction of sp³-hybridized carbons (Fsp3) is 0.909. The molecule has 5 nitrogen and oxygen atoms in total. The van der Waals surface area contributed by atoms with E-state index in [0.29, 0.717) is 12.8 Å². The third kappa shape index (κ3) is 39.3. The van der Waals surface area contributed by atoms with Crippen molar-refractivity contribution < 1.29 is 24.2 Å². The normalized spacial score (nSPS) is 12.1. The third-order valence-corrected chi connectivity index (χ3v) is 9.81. The number of hydrogen-bond donors (Lipinski definition) is 1. The van der Waals surface area contributed by atoms with E-state index in [-0.39, 0.29) is 25.2 Å². The van der Waals surface area contributed by atoms with Gasteiger partial charge >= 0.3 is 11.9 Å². The van der Waals surface area contributed by atoms with Crippen molar-refractivity contribution in [1.82, 2.24) is 0 Å². The molecule has 5 heteroatoms. The summed E-state index contributed by atoms with van der Waals surface area (Å²) in [7, 11) is 0. The maximum Gasteiger partial charge on any atom is 0.306 e. The fourth-order valence-corrected chi connectivity index (χ4v) is 6.49. The standard InChI is InChI=1S/C44H84O5/c1-3-5-7-9-11-13-15-17-18-19-20-21-22-23-24-25-26-27-29-31-33-35-37-39-44(47)49-42(40-45)41-48-43(46)38-36-34-32-30-28-16-14-12-10-8-6-4-2/h19-20,42,45H,3-18,21-41H2,1-2H3/b20-19-. The van der Waals surface area contributed by atoms with Crippen LogP contribution in [0, 0.1) is 0 Å². The molecule has 0 aliphatic rings. The van der Waals surface area contributed by atoms with E-state index in [0.717, 1.165) is 38.5 Å². The van der Waals surface area contributed by atoms with Crippen LogP contribution in [0.15, 0.2) is 12.2 Å². The highest BCUT2D eigenvalue weighted by molar-refractivity contribution is 5.70. The van der Waals surface area contributed by atoms with Gasteiger partial charge in [0.2, 0.25) is 0 Å². The average molecular weight is 693 g/mol. The molecule has 0 heterocycles. The minimum Gasteiger partial charge on any atom is -0.462 e. The SMILES string of the molecule is CCCCCCCCCC/C=C\CCCCCCCCCCCCCC(=O)OC(CO)COC(=O)CCCCCCCCCCCCCC. The van der Waals surface area contributed by atoms with E-state index in [1.54, 1.807) is 0 Å². The first-order valence-electron chi connectivity index (χ1n) is 21.7. The van der Waals surface area contributed by atoms with E-state index in [4.69, 9.17) is 9.47 Å². The topological polar surface area (TPSA) is 72.8 Å². The van der Waals surface area contributed by atoms with E-state index in [9.17, 15) is 14.7 Å². The summed E-state index contributed by atoms with van der Waals surface area (Å²) in [6, 6.07) is 0. The molecule has 0 saturated heterocycles. The summed E-state index contributed by atoms with van der Waals surface area (Å²) >= 11 is 0. The summed E-state index contributed by atoms with van der Waals surface area (Å²) in [4.78, 5) is 24.3. The van der Waals surface area contributed by atoms with Gasteiger partial charge in [0, 0.05) is 12.8 Å². The van der Waals surface area contributed by atoms with Gasteiger partial charge < -0.3 is 14.6 Å². The third-order valence-electron chi connectivity index (χ3n) is 9.81. The van der Waals surface area contributed by atoms with Crippen molar-refractivity contribution in [3.05, 3.63) is 12.2 Å². The van der Waals surface area contributed by atoms with Crippen LogP contribution >= 0.6 is 0 Å². The fourth-order valence-electron chi connectivity index (χ4n) is 6.49. The summed E-state index contributed by atoms with van der Waals surface area (Å²) in [5, 5.41) is 9.56. The van der Waals surface area contributed by atoms with Gasteiger partial charge in [0.05, 0.1) is 6.61 Å². The highest BCUT2D eigenvalue weighted by Crippen LogP contribution is 2.15. The second kappa shape index (κ2) is 41.1. The van der Waals surface area contributed by atoms with E-state index in [1.807, 2.05) is 0 Å². The Kier molecular flexibility index (Phi) is 39.9. The van der Waals surface area contributed by atoms with E-state index in [2.05, 4.69) is 26.0 Å². The molecule has 0 aromatic rings. The molecule has 0 saturated carbocycles. The van der Waals surface area contributed by atoms with E-state index < -0.39 is 6.10 Å². The molecule has 0 fully saturated rings. The zero-order chi connectivity index (χ0) is 35.7. The van der Waals surface area contributed by atoms with Crippen LogP contribution in [-0.2, 0) is 19.1 Å². The molecule has 290 valence electrons. The van der Waals surface area contributed by atoms with Crippen molar-refractivity contribution >= 4 is 11.9 Å². The number of aliphatic hydroxyl groups is 1. The van der Waals surface area contributed by atoms with Crippen LogP contribution in [0.25, 0.3) is 0 Å². The number of carbonyl (C=O) groups is 2. The predicted octanol–water partition coefficient (Wildman–Crippen LogP) is 13.7. The highest BCUT2D eigenvalue weighted by Gasteiger charge is 2.16. The molecule has 49 heavy (non-hydrogen) atoms. The van der Waals surface area contributed by atoms with Crippen molar-refractivity contribution in [3.63, 3.8) is 0 Å².